The third kappa shape index (κ3) is 2.22. The van der Waals surface area contributed by atoms with E-state index in [0.29, 0.717) is 15.8 Å². The molecule has 25 heavy (non-hydrogen) atoms. The quantitative estimate of drug-likeness (QED) is 0.741. The van der Waals surface area contributed by atoms with E-state index in [0.717, 1.165) is 43.4 Å². The number of aromatic amines is 1. The van der Waals surface area contributed by atoms with Crippen molar-refractivity contribution in [3.63, 3.8) is 0 Å². The Morgan fingerprint density at radius 1 is 1.24 bits per heavy atom. The first kappa shape index (κ1) is 15.0. The van der Waals surface area contributed by atoms with Gasteiger partial charge in [-0.25, -0.2) is 4.39 Å². The zero-order valence-electron chi connectivity index (χ0n) is 13.4. The third-order valence-electron chi connectivity index (χ3n) is 5.04. The smallest absolute Gasteiger partial charge is 0.271 e. The van der Waals surface area contributed by atoms with Crippen molar-refractivity contribution < 1.29 is 4.39 Å². The Kier molecular flexibility index (Phi) is 3.23. The summed E-state index contributed by atoms with van der Waals surface area (Å²) in [6, 6.07) is 3.38. The van der Waals surface area contributed by atoms with Crippen LogP contribution in [0.3, 0.4) is 0 Å². The monoisotopic (exact) mass is 357 g/mol. The number of benzene rings is 1. The minimum absolute atomic E-state index is 0.151. The highest BCUT2D eigenvalue weighted by atomic mass is 32.1. The van der Waals surface area contributed by atoms with Gasteiger partial charge in [-0.05, 0) is 55.0 Å². The number of aromatic nitrogens is 2. The van der Waals surface area contributed by atoms with E-state index in [2.05, 4.69) is 14.3 Å². The molecular formula is C18H16FN3O2S. The Labute approximate surface area is 145 Å². The highest BCUT2D eigenvalue weighted by Crippen LogP contribution is 2.40. The summed E-state index contributed by atoms with van der Waals surface area (Å²) < 4.78 is 19.5. The van der Waals surface area contributed by atoms with Gasteiger partial charge in [-0.2, -0.15) is 0 Å². The second kappa shape index (κ2) is 5.37. The zero-order valence-corrected chi connectivity index (χ0v) is 14.2. The van der Waals surface area contributed by atoms with Gasteiger partial charge in [0.1, 0.15) is 16.0 Å². The largest absolute Gasteiger partial charge is 0.328 e. The molecule has 2 aliphatic rings. The zero-order chi connectivity index (χ0) is 17.1. The summed E-state index contributed by atoms with van der Waals surface area (Å²) in [6.07, 6.45) is 4.79. The van der Waals surface area contributed by atoms with Crippen molar-refractivity contribution in [2.75, 3.05) is 13.1 Å². The first-order valence-electron chi connectivity index (χ1n) is 8.44. The van der Waals surface area contributed by atoms with Crippen LogP contribution in [0.2, 0.25) is 0 Å². The molecule has 0 radical (unpaired) electrons. The lowest BCUT2D eigenvalue weighted by Gasteiger charge is -2.17. The maximum Gasteiger partial charge on any atom is 0.271 e. The number of fused-ring (bicyclic) bond motifs is 2. The van der Waals surface area contributed by atoms with Crippen molar-refractivity contribution in [2.45, 2.75) is 25.3 Å². The summed E-state index contributed by atoms with van der Waals surface area (Å²) >= 11 is 1.19. The highest BCUT2D eigenvalue weighted by molar-refractivity contribution is 7.12. The van der Waals surface area contributed by atoms with E-state index in [4.69, 9.17) is 0 Å². The minimum atomic E-state index is -0.397. The first-order chi connectivity index (χ1) is 12.1. The van der Waals surface area contributed by atoms with Crippen molar-refractivity contribution in [3.8, 4) is 0 Å². The van der Waals surface area contributed by atoms with Gasteiger partial charge in [-0.15, -0.1) is 0 Å². The summed E-state index contributed by atoms with van der Waals surface area (Å²) in [5.74, 6) is -0.397. The molecule has 5 nitrogen and oxygen atoms in total. The Morgan fingerprint density at radius 2 is 2.08 bits per heavy atom. The number of pyridine rings is 1. The van der Waals surface area contributed by atoms with Gasteiger partial charge in [-0.3, -0.25) is 14.0 Å². The molecule has 3 heterocycles. The predicted molar refractivity (Wildman–Crippen MR) is 97.9 cm³/mol. The van der Waals surface area contributed by atoms with Crippen LogP contribution >= 0.6 is 11.5 Å². The van der Waals surface area contributed by atoms with Crippen molar-refractivity contribution in [3.05, 3.63) is 50.2 Å². The average Bonchev–Trinajstić information content (AvgIpc) is 3.38. The lowest BCUT2D eigenvalue weighted by molar-refractivity contribution is 0.622. The molecule has 0 unspecified atom stereocenters. The molecule has 1 fully saturated rings. The molecule has 1 aliphatic heterocycles. The van der Waals surface area contributed by atoms with E-state index in [9.17, 15) is 14.0 Å². The normalized spacial score (nSPS) is 18.0. The van der Waals surface area contributed by atoms with Gasteiger partial charge in [-0.1, -0.05) is 6.08 Å². The minimum Gasteiger partial charge on any atom is -0.328 e. The Bertz CT molecular complexity index is 1170. The molecule has 128 valence electrons. The molecule has 1 aliphatic carbocycles. The molecular weight excluding hydrogens is 341 g/mol. The Morgan fingerprint density at radius 3 is 2.80 bits per heavy atom. The number of nitrogens with zero attached hydrogens (tertiary/aromatic N) is 1. The fraction of sp³-hybridized carbons (Fsp3) is 0.333. The van der Waals surface area contributed by atoms with E-state index in [1.54, 1.807) is 6.07 Å². The van der Waals surface area contributed by atoms with Crippen LogP contribution < -0.4 is 16.3 Å². The SMILES string of the molecule is O=c1[nH]sc2c1c(=O)c1cc(F)c(C3=CCNCC3)cc1n2C1CC1. The van der Waals surface area contributed by atoms with Gasteiger partial charge >= 0.3 is 0 Å². The molecule has 7 heteroatoms. The Balaban J connectivity index is 1.91. The van der Waals surface area contributed by atoms with Crippen LogP contribution in [0.1, 0.15) is 30.9 Å². The number of nitrogens with one attached hydrogen (secondary N) is 2. The lowest BCUT2D eigenvalue weighted by Crippen LogP contribution is -2.20. The maximum absolute atomic E-state index is 14.8. The van der Waals surface area contributed by atoms with E-state index in [1.807, 2.05) is 6.08 Å². The van der Waals surface area contributed by atoms with Gasteiger partial charge in [0.05, 0.1) is 5.52 Å². The average molecular weight is 357 g/mol. The fourth-order valence-corrected chi connectivity index (χ4v) is 4.58. The predicted octanol–water partition coefficient (Wildman–Crippen LogP) is 2.76. The van der Waals surface area contributed by atoms with E-state index in [-0.39, 0.29) is 22.4 Å². The summed E-state index contributed by atoms with van der Waals surface area (Å²) in [5, 5.41) is 3.67. The van der Waals surface area contributed by atoms with Crippen molar-refractivity contribution in [1.82, 2.24) is 14.3 Å². The number of halogens is 1. The van der Waals surface area contributed by atoms with E-state index in [1.165, 1.54) is 17.6 Å². The van der Waals surface area contributed by atoms with Crippen molar-refractivity contribution in [1.29, 1.82) is 0 Å². The summed E-state index contributed by atoms with van der Waals surface area (Å²) in [4.78, 5) is 25.5. The summed E-state index contributed by atoms with van der Waals surface area (Å²) in [7, 11) is 0. The van der Waals surface area contributed by atoms with Gasteiger partial charge in [0, 0.05) is 23.5 Å². The second-order valence-electron chi connectivity index (χ2n) is 6.68. The van der Waals surface area contributed by atoms with Crippen molar-refractivity contribution >= 4 is 38.2 Å². The van der Waals surface area contributed by atoms with Crippen LogP contribution in [0, 0.1) is 5.82 Å². The molecule has 0 spiro atoms. The summed E-state index contributed by atoms with van der Waals surface area (Å²) in [5.41, 5.74) is 1.49. The number of hydrogen-bond donors (Lipinski definition) is 2. The van der Waals surface area contributed by atoms with Crippen LogP contribution in [-0.4, -0.2) is 22.0 Å². The van der Waals surface area contributed by atoms with Crippen LogP contribution in [0.4, 0.5) is 4.39 Å². The number of rotatable bonds is 2. The molecule has 0 amide bonds. The number of H-pyrrole nitrogens is 1. The highest BCUT2D eigenvalue weighted by Gasteiger charge is 2.29. The molecule has 1 aromatic carbocycles. The fourth-order valence-electron chi connectivity index (χ4n) is 3.66. The van der Waals surface area contributed by atoms with Gasteiger partial charge in [0.15, 0.2) is 0 Å². The second-order valence-corrected chi connectivity index (χ2v) is 7.47. The van der Waals surface area contributed by atoms with Crippen LogP contribution in [-0.2, 0) is 0 Å². The van der Waals surface area contributed by atoms with E-state index < -0.39 is 5.82 Å². The molecule has 1 saturated carbocycles. The maximum atomic E-state index is 14.8. The molecule has 3 aromatic rings. The first-order valence-corrected chi connectivity index (χ1v) is 9.26. The molecule has 0 atom stereocenters. The van der Waals surface area contributed by atoms with Crippen molar-refractivity contribution in [2.24, 2.45) is 0 Å². The van der Waals surface area contributed by atoms with Gasteiger partial charge in [0.25, 0.3) is 5.56 Å². The van der Waals surface area contributed by atoms with Crippen LogP contribution in [0.25, 0.3) is 26.7 Å². The molecule has 0 bridgehead atoms. The Hall–Kier alpha value is -2.25. The molecule has 2 aromatic heterocycles. The van der Waals surface area contributed by atoms with E-state index >= 15 is 0 Å². The third-order valence-corrected chi connectivity index (χ3v) is 5.92. The van der Waals surface area contributed by atoms with Crippen LogP contribution in [0.5, 0.6) is 0 Å². The molecule has 0 saturated heterocycles. The topological polar surface area (TPSA) is 66.9 Å². The molecule has 5 rings (SSSR count). The van der Waals surface area contributed by atoms with Crippen LogP contribution in [0.15, 0.2) is 27.8 Å². The van der Waals surface area contributed by atoms with Gasteiger partial charge < -0.3 is 9.88 Å². The lowest BCUT2D eigenvalue weighted by atomic mass is 9.97. The summed E-state index contributed by atoms with van der Waals surface area (Å²) in [6.45, 7) is 1.54. The van der Waals surface area contributed by atoms with Gasteiger partial charge in [0.2, 0.25) is 5.43 Å². The molecule has 2 N–H and O–H groups in total. The standard InChI is InChI=1S/C18H16FN3O2S/c19-13-7-12-14(8-11(13)9-3-5-20-6-4-9)22(10-1-2-10)18-15(16(12)23)17(24)21-25-18/h3,7-8,10,20H,1-2,4-6H2,(H,21,24). The number of hydrogen-bond acceptors (Lipinski definition) is 4.